The van der Waals surface area contributed by atoms with E-state index in [0.29, 0.717) is 34.9 Å². The van der Waals surface area contributed by atoms with Crippen LogP contribution in [0.3, 0.4) is 0 Å². The van der Waals surface area contributed by atoms with Crippen molar-refractivity contribution in [1.29, 1.82) is 0 Å². The summed E-state index contributed by atoms with van der Waals surface area (Å²) in [7, 11) is 1.20. The van der Waals surface area contributed by atoms with E-state index in [4.69, 9.17) is 14.2 Å². The summed E-state index contributed by atoms with van der Waals surface area (Å²) in [4.78, 5) is 67.0. The topological polar surface area (TPSA) is 161 Å². The van der Waals surface area contributed by atoms with Crippen LogP contribution in [0.2, 0.25) is 0 Å². The van der Waals surface area contributed by atoms with Crippen LogP contribution < -0.4 is 24.8 Å². The van der Waals surface area contributed by atoms with E-state index >= 15 is 0 Å². The molecule has 8 atom stereocenters. The Morgan fingerprint density at radius 2 is 1.87 bits per heavy atom. The predicted molar refractivity (Wildman–Crippen MR) is 205 cm³/mol. The Morgan fingerprint density at radius 1 is 1.09 bits per heavy atom. The van der Waals surface area contributed by atoms with Gasteiger partial charge >= 0.3 is 6.09 Å². The zero-order chi connectivity index (χ0) is 38.1. The molecular formula is C39H54N6O7S. The average Bonchev–Trinajstić information content (AvgIpc) is 4.03. The molecule has 4 aliphatic rings. The van der Waals surface area contributed by atoms with Gasteiger partial charge in [0.1, 0.15) is 35.1 Å². The molecule has 1 aromatic carbocycles. The molecule has 13 nitrogen and oxygen atoms in total. The number of allylic oxidation sites excluding steroid dienone is 1. The molecule has 0 bridgehead atoms. The number of hydrogen-bond donors (Lipinski definition) is 3. The fourth-order valence-electron chi connectivity index (χ4n) is 7.25. The van der Waals surface area contributed by atoms with Gasteiger partial charge in [0.25, 0.3) is 5.91 Å². The van der Waals surface area contributed by atoms with Crippen molar-refractivity contribution in [2.24, 2.45) is 17.8 Å². The molecule has 3 heterocycles. The van der Waals surface area contributed by atoms with Crippen LogP contribution in [0.25, 0.3) is 11.0 Å². The molecule has 2 saturated carbocycles. The largest absolute Gasteiger partial charge is 0.497 e. The van der Waals surface area contributed by atoms with Gasteiger partial charge in [0.2, 0.25) is 17.7 Å². The van der Waals surface area contributed by atoms with Gasteiger partial charge in [-0.15, -0.1) is 0 Å². The second-order valence-electron chi connectivity index (χ2n) is 15.9. The monoisotopic (exact) mass is 750 g/mol. The molecular weight excluding hydrogens is 697 g/mol. The predicted octanol–water partition coefficient (Wildman–Crippen LogP) is 5.05. The highest BCUT2D eigenvalue weighted by Crippen LogP contribution is 2.47. The lowest BCUT2D eigenvalue weighted by Gasteiger charge is -2.32. The summed E-state index contributed by atoms with van der Waals surface area (Å²) in [5.41, 5.74) is -0.670. The SMILES string of the molecule is C/C=S(/NC(=O)[C@@]12C[C@H]1/C=C\[C@H](C)CCC[C@@H](C)[C@H](NC(=O)OC(C)(C)C)C(=O)N1C[C@H](Oc3cnc4cc(OC)ccc4n3)C[C@H]1C(=O)N2)C1CC1. The first-order valence-electron chi connectivity index (χ1n) is 18.8. The molecule has 6 rings (SSSR count). The summed E-state index contributed by atoms with van der Waals surface area (Å²) in [6.07, 6.45) is 9.51. The number of nitrogens with one attached hydrogen (secondary N) is 3. The van der Waals surface area contributed by atoms with Crippen molar-refractivity contribution in [3.63, 3.8) is 0 Å². The third-order valence-corrected chi connectivity index (χ3v) is 12.6. The number of rotatable bonds is 7. The zero-order valence-electron chi connectivity index (χ0n) is 31.8. The fraction of sp³-hybridized carbons (Fsp3) is 0.615. The average molecular weight is 751 g/mol. The molecule has 1 saturated heterocycles. The number of hydrogen-bond acceptors (Lipinski definition) is 9. The molecule has 288 valence electrons. The number of amides is 4. The van der Waals surface area contributed by atoms with E-state index in [1.165, 1.54) is 11.1 Å². The van der Waals surface area contributed by atoms with E-state index in [9.17, 15) is 19.2 Å². The Hall–Kier alpha value is -4.20. The van der Waals surface area contributed by atoms with Crippen molar-refractivity contribution in [1.82, 2.24) is 30.2 Å². The number of carbonyl (C=O) groups is 4. The summed E-state index contributed by atoms with van der Waals surface area (Å²) < 4.78 is 20.5. The van der Waals surface area contributed by atoms with Crippen LogP contribution in [-0.4, -0.2) is 92.3 Å². The third-order valence-electron chi connectivity index (χ3n) is 10.5. The van der Waals surface area contributed by atoms with E-state index in [2.05, 4.69) is 44.4 Å². The standard InChI is InChI=1S/C39H54N6O7S/c1-8-53(28-15-16-28)44-36(48)39-20-25(39)13-12-23(2)10-9-11-24(3)33(42-37(49)52-38(4,5)6)35(47)45-22-27(19-31(45)34(46)43-39)51-32-21-40-30-18-26(50-7)14-17-29(30)41-32/h8,12-14,17-18,21,23-25,27-28,31,33H,9-11,15-16,19-20,22H2,1-7H3,(H,42,49)(H,43,46)(H,44,48)/b13-12-/t23-,24-,25-,27-,31+,33+,39-,53?/m1/s1. The van der Waals surface area contributed by atoms with E-state index in [-0.39, 0.29) is 53.2 Å². The van der Waals surface area contributed by atoms with Gasteiger partial charge in [-0.05, 0) is 89.1 Å². The molecule has 0 spiro atoms. The smallest absolute Gasteiger partial charge is 0.408 e. The van der Waals surface area contributed by atoms with Crippen molar-refractivity contribution in [2.75, 3.05) is 13.7 Å². The minimum Gasteiger partial charge on any atom is -0.497 e. The number of methoxy groups -OCH3 is 1. The van der Waals surface area contributed by atoms with Gasteiger partial charge in [-0.2, -0.15) is 0 Å². The number of alkyl carbamates (subject to hydrolysis) is 1. The second kappa shape index (κ2) is 15.6. The highest BCUT2D eigenvalue weighted by molar-refractivity contribution is 8.14. The summed E-state index contributed by atoms with van der Waals surface area (Å²) in [6.45, 7) is 11.4. The van der Waals surface area contributed by atoms with E-state index in [1.54, 1.807) is 46.1 Å². The molecule has 1 unspecified atom stereocenters. The molecule has 2 aliphatic heterocycles. The minimum atomic E-state index is -1.13. The highest BCUT2D eigenvalue weighted by atomic mass is 32.2. The number of fused-ring (bicyclic) bond motifs is 3. The van der Waals surface area contributed by atoms with E-state index in [0.717, 1.165) is 25.7 Å². The van der Waals surface area contributed by atoms with Crippen molar-refractivity contribution in [3.05, 3.63) is 36.5 Å². The van der Waals surface area contributed by atoms with Gasteiger partial charge in [-0.25, -0.2) is 14.8 Å². The van der Waals surface area contributed by atoms with Crippen molar-refractivity contribution < 1.29 is 33.4 Å². The van der Waals surface area contributed by atoms with Crippen LogP contribution in [0.15, 0.2) is 36.5 Å². The lowest BCUT2D eigenvalue weighted by molar-refractivity contribution is -0.142. The Labute approximate surface area is 314 Å². The van der Waals surface area contributed by atoms with E-state index < -0.39 is 47.2 Å². The quantitative estimate of drug-likeness (QED) is 0.260. The van der Waals surface area contributed by atoms with Crippen LogP contribution in [0.5, 0.6) is 11.6 Å². The first-order valence-corrected chi connectivity index (χ1v) is 20.1. The molecule has 2 aromatic rings. The van der Waals surface area contributed by atoms with Crippen LogP contribution in [0, 0.1) is 17.8 Å². The Balaban J connectivity index is 1.31. The van der Waals surface area contributed by atoms with Crippen LogP contribution in [0.4, 0.5) is 4.79 Å². The van der Waals surface area contributed by atoms with Crippen molar-refractivity contribution >= 4 is 50.9 Å². The maximum absolute atomic E-state index is 14.7. The van der Waals surface area contributed by atoms with Gasteiger partial charge in [0.05, 0.1) is 30.9 Å². The van der Waals surface area contributed by atoms with Gasteiger partial charge in [0.15, 0.2) is 0 Å². The van der Waals surface area contributed by atoms with Gasteiger partial charge in [-0.1, -0.05) is 43.1 Å². The molecule has 1 aromatic heterocycles. The Morgan fingerprint density at radius 3 is 2.57 bits per heavy atom. The van der Waals surface area contributed by atoms with Gasteiger partial charge in [0, 0.05) is 23.7 Å². The number of nitrogens with zero attached hydrogens (tertiary/aromatic N) is 3. The first kappa shape index (κ1) is 38.5. The van der Waals surface area contributed by atoms with Gasteiger partial charge in [-0.3, -0.25) is 14.4 Å². The van der Waals surface area contributed by atoms with Crippen molar-refractivity contribution in [3.8, 4) is 11.6 Å². The maximum Gasteiger partial charge on any atom is 0.408 e. The second-order valence-corrected chi connectivity index (χ2v) is 18.0. The Bertz CT molecular complexity index is 1790. The summed E-state index contributed by atoms with van der Waals surface area (Å²) >= 11 is 0. The zero-order valence-corrected chi connectivity index (χ0v) is 32.7. The molecule has 53 heavy (non-hydrogen) atoms. The van der Waals surface area contributed by atoms with E-state index in [1.807, 2.05) is 19.2 Å². The third kappa shape index (κ3) is 9.13. The Kier molecular flexibility index (Phi) is 11.4. The van der Waals surface area contributed by atoms with Crippen LogP contribution in [0.1, 0.15) is 86.5 Å². The molecule has 3 N–H and O–H groups in total. The fourth-order valence-corrected chi connectivity index (χ4v) is 8.96. The van der Waals surface area contributed by atoms with Gasteiger partial charge < -0.3 is 34.5 Å². The van der Waals surface area contributed by atoms with Crippen LogP contribution in [-0.2, 0) is 19.1 Å². The normalized spacial score (nSPS) is 30.5. The number of ether oxygens (including phenoxy) is 3. The lowest BCUT2D eigenvalue weighted by atomic mass is 9.92. The molecule has 4 amide bonds. The summed E-state index contributed by atoms with van der Waals surface area (Å²) in [6, 6.07) is 3.41. The lowest BCUT2D eigenvalue weighted by Crippen LogP contribution is -2.58. The van der Waals surface area contributed by atoms with Crippen LogP contribution >= 0.6 is 10.7 Å². The minimum absolute atomic E-state index is 0.0635. The molecule has 14 heteroatoms. The number of benzene rings is 1. The molecule has 3 fully saturated rings. The maximum atomic E-state index is 14.7. The highest BCUT2D eigenvalue weighted by Gasteiger charge is 2.61. The summed E-state index contributed by atoms with van der Waals surface area (Å²) in [5.74, 6) is -0.358. The summed E-state index contributed by atoms with van der Waals surface area (Å²) in [5, 5.41) is 8.46. The molecule has 2 aliphatic carbocycles. The molecule has 0 radical (unpaired) electrons. The van der Waals surface area contributed by atoms with Crippen molar-refractivity contribution in [2.45, 2.75) is 121 Å². The number of aromatic nitrogens is 2. The first-order chi connectivity index (χ1) is 25.2. The number of carbonyl (C=O) groups excluding carboxylic acids is 4.